The summed E-state index contributed by atoms with van der Waals surface area (Å²) in [7, 11) is 0. The molecule has 0 radical (unpaired) electrons. The molecule has 23 heavy (non-hydrogen) atoms. The van der Waals surface area contributed by atoms with Crippen LogP contribution in [0.15, 0.2) is 30.3 Å². The first-order chi connectivity index (χ1) is 11.1. The van der Waals surface area contributed by atoms with Gasteiger partial charge in [-0.25, -0.2) is 4.98 Å². The number of nitrogens with two attached hydrogens (primary N) is 1. The fraction of sp³-hybridized carbons (Fsp3) is 0.278. The average Bonchev–Trinajstić information content (AvgIpc) is 2.52. The number of hydrogen-bond acceptors (Lipinski definition) is 5. The van der Waals surface area contributed by atoms with Gasteiger partial charge in [0.05, 0.1) is 5.39 Å². The zero-order valence-electron chi connectivity index (χ0n) is 13.7. The van der Waals surface area contributed by atoms with Crippen molar-refractivity contribution in [1.82, 2.24) is 15.0 Å². The van der Waals surface area contributed by atoms with Crippen molar-refractivity contribution in [2.75, 3.05) is 11.1 Å². The van der Waals surface area contributed by atoms with Crippen LogP contribution in [0.5, 0.6) is 0 Å². The Bertz CT molecular complexity index is 840. The predicted octanol–water partition coefficient (Wildman–Crippen LogP) is 3.40. The minimum atomic E-state index is 0.462. The first-order valence-corrected chi connectivity index (χ1v) is 7.80. The second-order valence-corrected chi connectivity index (χ2v) is 5.74. The van der Waals surface area contributed by atoms with Crippen molar-refractivity contribution < 1.29 is 0 Å². The number of rotatable bonds is 4. The molecule has 0 spiro atoms. The van der Waals surface area contributed by atoms with Gasteiger partial charge in [-0.05, 0) is 43.0 Å². The highest BCUT2D eigenvalue weighted by Gasteiger charge is 2.09. The van der Waals surface area contributed by atoms with Gasteiger partial charge in [-0.2, -0.15) is 9.97 Å². The Kier molecular flexibility index (Phi) is 4.10. The van der Waals surface area contributed by atoms with Crippen LogP contribution in [-0.4, -0.2) is 15.0 Å². The van der Waals surface area contributed by atoms with Crippen LogP contribution in [0.1, 0.15) is 29.3 Å². The molecule has 0 saturated heterocycles. The van der Waals surface area contributed by atoms with Crippen LogP contribution >= 0.6 is 0 Å². The maximum atomic E-state index is 6.08. The van der Waals surface area contributed by atoms with Gasteiger partial charge in [0, 0.05) is 12.2 Å². The summed E-state index contributed by atoms with van der Waals surface area (Å²) in [4.78, 5) is 13.3. The van der Waals surface area contributed by atoms with E-state index in [0.717, 1.165) is 23.1 Å². The van der Waals surface area contributed by atoms with Gasteiger partial charge in [-0.1, -0.05) is 31.2 Å². The van der Waals surface area contributed by atoms with Crippen LogP contribution in [-0.2, 0) is 13.0 Å². The number of nitrogens with one attached hydrogen (secondary N) is 1. The van der Waals surface area contributed by atoms with Gasteiger partial charge < -0.3 is 11.1 Å². The van der Waals surface area contributed by atoms with Crippen LogP contribution < -0.4 is 11.1 Å². The molecule has 5 nitrogen and oxygen atoms in total. The second-order valence-electron chi connectivity index (χ2n) is 5.74. The topological polar surface area (TPSA) is 76.7 Å². The third kappa shape index (κ3) is 3.23. The highest BCUT2D eigenvalue weighted by Crippen LogP contribution is 2.22. The number of pyridine rings is 1. The zero-order chi connectivity index (χ0) is 16.4. The molecule has 2 heterocycles. The van der Waals surface area contributed by atoms with Gasteiger partial charge in [0.2, 0.25) is 5.95 Å². The molecule has 0 bridgehead atoms. The number of nitrogen functional groups attached to an aromatic ring is 1. The van der Waals surface area contributed by atoms with Gasteiger partial charge >= 0.3 is 0 Å². The van der Waals surface area contributed by atoms with E-state index < -0.39 is 0 Å². The lowest BCUT2D eigenvalue weighted by Crippen LogP contribution is -2.07. The minimum Gasteiger partial charge on any atom is -0.383 e. The summed E-state index contributed by atoms with van der Waals surface area (Å²) in [5, 5.41) is 4.06. The summed E-state index contributed by atoms with van der Waals surface area (Å²) in [6.45, 7) is 6.75. The molecule has 0 fully saturated rings. The summed E-state index contributed by atoms with van der Waals surface area (Å²) in [5.74, 6) is 0.968. The molecule has 5 heteroatoms. The SMILES string of the molecule is CCc1ccc(CNc2nc(N)c3c(C)cc(C)nc3n2)cc1. The molecular formula is C18H21N5. The van der Waals surface area contributed by atoms with E-state index in [1.54, 1.807) is 0 Å². The van der Waals surface area contributed by atoms with Crippen molar-refractivity contribution in [1.29, 1.82) is 0 Å². The van der Waals surface area contributed by atoms with Crippen LogP contribution in [0.3, 0.4) is 0 Å². The third-order valence-electron chi connectivity index (χ3n) is 3.90. The first kappa shape index (κ1) is 15.2. The van der Waals surface area contributed by atoms with Gasteiger partial charge in [-0.3, -0.25) is 0 Å². The molecule has 0 unspecified atom stereocenters. The fourth-order valence-corrected chi connectivity index (χ4v) is 2.66. The second kappa shape index (κ2) is 6.20. The third-order valence-corrected chi connectivity index (χ3v) is 3.90. The Morgan fingerprint density at radius 1 is 1.00 bits per heavy atom. The van der Waals surface area contributed by atoms with Crippen molar-refractivity contribution in [2.24, 2.45) is 0 Å². The number of aryl methyl sites for hydroxylation is 3. The van der Waals surface area contributed by atoms with Gasteiger partial charge in [0.1, 0.15) is 5.82 Å². The Morgan fingerprint density at radius 2 is 1.70 bits per heavy atom. The van der Waals surface area contributed by atoms with Gasteiger partial charge in [0.25, 0.3) is 0 Å². The van der Waals surface area contributed by atoms with E-state index >= 15 is 0 Å². The van der Waals surface area contributed by atoms with E-state index in [1.165, 1.54) is 11.1 Å². The van der Waals surface area contributed by atoms with Crippen molar-refractivity contribution in [3.63, 3.8) is 0 Å². The van der Waals surface area contributed by atoms with Crippen molar-refractivity contribution in [3.05, 3.63) is 52.7 Å². The molecule has 118 valence electrons. The van der Waals surface area contributed by atoms with Crippen LogP contribution in [0.2, 0.25) is 0 Å². The van der Waals surface area contributed by atoms with Crippen molar-refractivity contribution >= 4 is 22.8 Å². The van der Waals surface area contributed by atoms with Crippen molar-refractivity contribution in [2.45, 2.75) is 33.7 Å². The Balaban J connectivity index is 1.85. The molecule has 0 aliphatic rings. The van der Waals surface area contributed by atoms with E-state index in [-0.39, 0.29) is 0 Å². The Hall–Kier alpha value is -2.69. The fourth-order valence-electron chi connectivity index (χ4n) is 2.66. The smallest absolute Gasteiger partial charge is 0.226 e. The van der Waals surface area contributed by atoms with E-state index in [2.05, 4.69) is 51.5 Å². The molecule has 0 atom stereocenters. The van der Waals surface area contributed by atoms with Crippen LogP contribution in [0.4, 0.5) is 11.8 Å². The molecule has 3 N–H and O–H groups in total. The molecular weight excluding hydrogens is 286 g/mol. The summed E-state index contributed by atoms with van der Waals surface area (Å²) in [6.07, 6.45) is 1.04. The number of aromatic nitrogens is 3. The van der Waals surface area contributed by atoms with Gasteiger partial charge in [-0.15, -0.1) is 0 Å². The molecule has 0 aliphatic heterocycles. The quantitative estimate of drug-likeness (QED) is 0.772. The summed E-state index contributed by atoms with van der Waals surface area (Å²) < 4.78 is 0. The van der Waals surface area contributed by atoms with E-state index in [4.69, 9.17) is 5.73 Å². The largest absolute Gasteiger partial charge is 0.383 e. The Labute approximate surface area is 136 Å². The Morgan fingerprint density at radius 3 is 2.39 bits per heavy atom. The molecule has 0 saturated carbocycles. The van der Waals surface area contributed by atoms with E-state index in [9.17, 15) is 0 Å². The van der Waals surface area contributed by atoms with E-state index in [0.29, 0.717) is 24.0 Å². The number of benzene rings is 1. The zero-order valence-corrected chi connectivity index (χ0v) is 13.7. The lowest BCUT2D eigenvalue weighted by Gasteiger charge is -2.10. The minimum absolute atomic E-state index is 0.462. The molecule has 2 aromatic heterocycles. The highest BCUT2D eigenvalue weighted by atomic mass is 15.1. The maximum Gasteiger partial charge on any atom is 0.226 e. The summed E-state index contributed by atoms with van der Waals surface area (Å²) in [6, 6.07) is 10.5. The lowest BCUT2D eigenvalue weighted by atomic mass is 10.1. The maximum absolute atomic E-state index is 6.08. The lowest BCUT2D eigenvalue weighted by molar-refractivity contribution is 1.05. The molecule has 1 aromatic carbocycles. The normalized spacial score (nSPS) is 10.9. The van der Waals surface area contributed by atoms with E-state index in [1.807, 2.05) is 19.9 Å². The molecule has 3 aromatic rings. The number of nitrogens with zero attached hydrogens (tertiary/aromatic N) is 3. The standard InChI is InChI=1S/C18H21N5/c1-4-13-5-7-14(8-6-13)10-20-18-22-16(19)15-11(2)9-12(3)21-17(15)23-18/h5-9H,4,10H2,1-3H3,(H3,19,20,21,22,23). The molecule has 3 rings (SSSR count). The number of fused-ring (bicyclic) bond motifs is 1. The molecule has 0 aliphatic carbocycles. The molecule has 0 amide bonds. The number of hydrogen-bond donors (Lipinski definition) is 2. The summed E-state index contributed by atoms with van der Waals surface area (Å²) >= 11 is 0. The van der Waals surface area contributed by atoms with Crippen LogP contribution in [0.25, 0.3) is 11.0 Å². The van der Waals surface area contributed by atoms with Gasteiger partial charge in [0.15, 0.2) is 5.65 Å². The van der Waals surface area contributed by atoms with Crippen LogP contribution in [0, 0.1) is 13.8 Å². The summed E-state index contributed by atoms with van der Waals surface area (Å²) in [5.41, 5.74) is 11.2. The highest BCUT2D eigenvalue weighted by molar-refractivity contribution is 5.89. The number of anilines is 2. The predicted molar refractivity (Wildman–Crippen MR) is 94.4 cm³/mol. The first-order valence-electron chi connectivity index (χ1n) is 7.80. The average molecular weight is 307 g/mol. The monoisotopic (exact) mass is 307 g/mol. The van der Waals surface area contributed by atoms with Crippen molar-refractivity contribution in [3.8, 4) is 0 Å².